The number of hydrogen-bond donors (Lipinski definition) is 2. The van der Waals surface area contributed by atoms with Crippen LogP contribution in [0.15, 0.2) is 18.2 Å². The van der Waals surface area contributed by atoms with Gasteiger partial charge in [-0.2, -0.15) is 0 Å². The average molecular weight is 313 g/mol. The highest BCUT2D eigenvalue weighted by Crippen LogP contribution is 2.31. The summed E-state index contributed by atoms with van der Waals surface area (Å²) < 4.78 is 0. The smallest absolute Gasteiger partial charge is 0.288 e. The molecule has 0 bridgehead atoms. The van der Waals surface area contributed by atoms with E-state index in [1.807, 2.05) is 0 Å². The van der Waals surface area contributed by atoms with Gasteiger partial charge in [0.2, 0.25) is 0 Å². The van der Waals surface area contributed by atoms with Crippen LogP contribution in [0.4, 0.5) is 5.69 Å². The molecule has 21 heavy (non-hydrogen) atoms. The Morgan fingerprint density at radius 3 is 2.81 bits per heavy atom. The fraction of sp³-hybridized carbons (Fsp3) is 0.500. The van der Waals surface area contributed by atoms with E-state index in [9.17, 15) is 20.0 Å². The molecule has 1 aliphatic carbocycles. The number of amides is 1. The van der Waals surface area contributed by atoms with Crippen LogP contribution in [0, 0.1) is 22.0 Å². The van der Waals surface area contributed by atoms with E-state index in [1.54, 1.807) is 0 Å². The first-order valence-electron chi connectivity index (χ1n) is 6.86. The Balaban J connectivity index is 2.00. The van der Waals surface area contributed by atoms with Crippen LogP contribution in [-0.4, -0.2) is 29.1 Å². The largest absolute Gasteiger partial charge is 0.396 e. The van der Waals surface area contributed by atoms with Gasteiger partial charge in [0.25, 0.3) is 11.6 Å². The molecule has 0 aliphatic heterocycles. The molecule has 2 rings (SSSR count). The van der Waals surface area contributed by atoms with Gasteiger partial charge in [-0.3, -0.25) is 14.9 Å². The first-order chi connectivity index (χ1) is 10.0. The summed E-state index contributed by atoms with van der Waals surface area (Å²) in [6, 6.07) is 3.99. The molecule has 2 N–H and O–H groups in total. The Kier molecular flexibility index (Phi) is 5.14. The number of rotatable bonds is 5. The maximum absolute atomic E-state index is 12.0. The van der Waals surface area contributed by atoms with Crippen LogP contribution in [0.3, 0.4) is 0 Å². The lowest BCUT2D eigenvalue weighted by Crippen LogP contribution is -2.31. The molecule has 7 heteroatoms. The minimum absolute atomic E-state index is 0.00712. The molecule has 1 aliphatic rings. The van der Waals surface area contributed by atoms with Crippen molar-refractivity contribution in [2.45, 2.75) is 19.3 Å². The van der Waals surface area contributed by atoms with Crippen molar-refractivity contribution in [2.24, 2.45) is 11.8 Å². The Labute approximate surface area is 127 Å². The zero-order valence-electron chi connectivity index (χ0n) is 11.4. The molecule has 0 spiro atoms. The monoisotopic (exact) mass is 312 g/mol. The van der Waals surface area contributed by atoms with E-state index in [0.717, 1.165) is 19.3 Å². The molecule has 1 fully saturated rings. The topological polar surface area (TPSA) is 92.5 Å². The van der Waals surface area contributed by atoms with Crippen LogP contribution < -0.4 is 5.32 Å². The second kappa shape index (κ2) is 6.87. The van der Waals surface area contributed by atoms with E-state index in [2.05, 4.69) is 5.32 Å². The molecule has 0 radical (unpaired) electrons. The van der Waals surface area contributed by atoms with Crippen molar-refractivity contribution in [1.29, 1.82) is 0 Å². The van der Waals surface area contributed by atoms with Gasteiger partial charge in [0, 0.05) is 24.8 Å². The minimum Gasteiger partial charge on any atom is -0.396 e. The van der Waals surface area contributed by atoms with Gasteiger partial charge in [0.15, 0.2) is 0 Å². The third-order valence-electron chi connectivity index (χ3n) is 3.98. The highest BCUT2D eigenvalue weighted by molar-refractivity contribution is 6.32. The van der Waals surface area contributed by atoms with Crippen molar-refractivity contribution >= 4 is 23.2 Å². The molecular formula is C14H17ClN2O4. The first-order valence-corrected chi connectivity index (χ1v) is 7.23. The van der Waals surface area contributed by atoms with E-state index in [1.165, 1.54) is 18.2 Å². The van der Waals surface area contributed by atoms with Gasteiger partial charge in [-0.15, -0.1) is 0 Å². The molecule has 0 aromatic heterocycles. The molecule has 1 aromatic rings. The quantitative estimate of drug-likeness (QED) is 0.645. The normalized spacial score (nSPS) is 21.2. The number of halogens is 1. The number of aliphatic hydroxyl groups is 1. The summed E-state index contributed by atoms with van der Waals surface area (Å²) in [6.07, 6.45) is 3.01. The lowest BCUT2D eigenvalue weighted by Gasteiger charge is -2.17. The van der Waals surface area contributed by atoms with Crippen LogP contribution in [0.1, 0.15) is 29.6 Å². The van der Waals surface area contributed by atoms with Gasteiger partial charge >= 0.3 is 0 Å². The standard InChI is InChI=1S/C14H17ClN2O4/c15-12-5-4-9(6-13(12)17(20)21)14(19)16-7-10-2-1-3-11(10)8-18/h4-6,10-11,18H,1-3,7-8H2,(H,16,19). The van der Waals surface area contributed by atoms with E-state index in [0.29, 0.717) is 6.54 Å². The van der Waals surface area contributed by atoms with Gasteiger partial charge in [-0.25, -0.2) is 0 Å². The molecule has 6 nitrogen and oxygen atoms in total. The maximum atomic E-state index is 12.0. The Morgan fingerprint density at radius 2 is 2.14 bits per heavy atom. The van der Waals surface area contributed by atoms with Crippen molar-refractivity contribution in [3.63, 3.8) is 0 Å². The minimum atomic E-state index is -0.613. The molecule has 2 atom stereocenters. The lowest BCUT2D eigenvalue weighted by atomic mass is 9.97. The van der Waals surface area contributed by atoms with E-state index >= 15 is 0 Å². The summed E-state index contributed by atoms with van der Waals surface area (Å²) in [5, 5.41) is 22.8. The van der Waals surface area contributed by atoms with Crippen molar-refractivity contribution in [1.82, 2.24) is 5.32 Å². The summed E-state index contributed by atoms with van der Waals surface area (Å²) in [7, 11) is 0. The van der Waals surface area contributed by atoms with Crippen LogP contribution in [0.5, 0.6) is 0 Å². The van der Waals surface area contributed by atoms with Crippen molar-refractivity contribution < 1.29 is 14.8 Å². The van der Waals surface area contributed by atoms with Gasteiger partial charge in [0.1, 0.15) is 5.02 Å². The highest BCUT2D eigenvalue weighted by Gasteiger charge is 2.27. The summed E-state index contributed by atoms with van der Waals surface area (Å²) >= 11 is 5.71. The maximum Gasteiger partial charge on any atom is 0.288 e. The summed E-state index contributed by atoms with van der Waals surface area (Å²) in [4.78, 5) is 22.2. The van der Waals surface area contributed by atoms with Crippen LogP contribution in [0.2, 0.25) is 5.02 Å². The van der Waals surface area contributed by atoms with E-state index in [4.69, 9.17) is 11.6 Å². The third kappa shape index (κ3) is 3.71. The Bertz CT molecular complexity index is 550. The molecule has 0 heterocycles. The van der Waals surface area contributed by atoms with E-state index < -0.39 is 4.92 Å². The van der Waals surface area contributed by atoms with Crippen molar-refractivity contribution in [3.05, 3.63) is 38.9 Å². The molecule has 1 aromatic carbocycles. The Hall–Kier alpha value is -1.66. The zero-order chi connectivity index (χ0) is 15.4. The summed E-state index contributed by atoms with van der Waals surface area (Å²) in [5.74, 6) is 0.129. The highest BCUT2D eigenvalue weighted by atomic mass is 35.5. The second-order valence-corrected chi connectivity index (χ2v) is 5.67. The number of nitrogens with zero attached hydrogens (tertiary/aromatic N) is 1. The molecule has 114 valence electrons. The van der Waals surface area contributed by atoms with Crippen LogP contribution in [-0.2, 0) is 0 Å². The molecular weight excluding hydrogens is 296 g/mol. The zero-order valence-corrected chi connectivity index (χ0v) is 12.2. The number of carbonyl (C=O) groups excluding carboxylic acids is 1. The Morgan fingerprint density at radius 1 is 1.43 bits per heavy atom. The predicted octanol–water partition coefficient (Wildman–Crippen LogP) is 2.39. The molecule has 0 saturated heterocycles. The van der Waals surface area contributed by atoms with Crippen LogP contribution >= 0.6 is 11.6 Å². The molecule has 1 amide bonds. The first kappa shape index (κ1) is 15.7. The summed E-state index contributed by atoms with van der Waals surface area (Å²) in [6.45, 7) is 0.605. The van der Waals surface area contributed by atoms with Gasteiger partial charge in [-0.1, -0.05) is 18.0 Å². The van der Waals surface area contributed by atoms with Crippen molar-refractivity contribution in [2.75, 3.05) is 13.2 Å². The van der Waals surface area contributed by atoms with Gasteiger partial charge in [-0.05, 0) is 36.8 Å². The lowest BCUT2D eigenvalue weighted by molar-refractivity contribution is -0.384. The SMILES string of the molecule is O=C(NCC1CCCC1CO)c1ccc(Cl)c([N+](=O)[O-])c1. The molecule has 2 unspecified atom stereocenters. The third-order valence-corrected chi connectivity index (χ3v) is 4.30. The fourth-order valence-electron chi connectivity index (χ4n) is 2.74. The number of hydrogen-bond acceptors (Lipinski definition) is 4. The number of nitro groups is 1. The van der Waals surface area contributed by atoms with Gasteiger partial charge < -0.3 is 10.4 Å². The van der Waals surface area contributed by atoms with Crippen molar-refractivity contribution in [3.8, 4) is 0 Å². The number of aliphatic hydroxyl groups excluding tert-OH is 1. The molecule has 1 saturated carbocycles. The number of benzene rings is 1. The predicted molar refractivity (Wildman–Crippen MR) is 78.4 cm³/mol. The number of nitro benzene ring substituents is 1. The van der Waals surface area contributed by atoms with E-state index in [-0.39, 0.29) is 40.6 Å². The number of nitrogens with one attached hydrogen (secondary N) is 1. The fourth-order valence-corrected chi connectivity index (χ4v) is 2.93. The second-order valence-electron chi connectivity index (χ2n) is 5.27. The summed E-state index contributed by atoms with van der Waals surface area (Å²) in [5.41, 5.74) is -0.0666. The average Bonchev–Trinajstić information content (AvgIpc) is 2.92. The number of carbonyl (C=O) groups is 1. The van der Waals surface area contributed by atoms with Crippen LogP contribution in [0.25, 0.3) is 0 Å². The van der Waals surface area contributed by atoms with Gasteiger partial charge in [0.05, 0.1) is 4.92 Å².